The molecule has 0 atom stereocenters. The number of benzene rings is 1. The van der Waals surface area contributed by atoms with Crippen molar-refractivity contribution in [2.75, 3.05) is 0 Å². The van der Waals surface area contributed by atoms with Gasteiger partial charge < -0.3 is 5.11 Å². The minimum Gasteiger partial charge on any atom is -0.481 e. The van der Waals surface area contributed by atoms with E-state index in [0.29, 0.717) is 0 Å². The summed E-state index contributed by atoms with van der Waals surface area (Å²) < 4.78 is 0. The smallest absolute Gasteiger partial charge is 0.307 e. The number of carboxylic acid groups (broad SMARTS) is 1. The van der Waals surface area contributed by atoms with Crippen LogP contribution in [0.15, 0.2) is 35.2 Å². The molecule has 0 fully saturated rings. The summed E-state index contributed by atoms with van der Waals surface area (Å²) in [6.07, 6.45) is 0.0668. The second-order valence-electron chi connectivity index (χ2n) is 3.14. The molecule has 0 spiro atoms. The highest BCUT2D eigenvalue weighted by atomic mass is 32.1. The molecular weight excluding hydrogens is 210 g/mol. The molecule has 1 heterocycles. The number of aromatic nitrogens is 1. The predicted octanol–water partition coefficient (Wildman–Crippen LogP) is 2.44. The molecule has 15 heavy (non-hydrogen) atoms. The van der Waals surface area contributed by atoms with Crippen LogP contribution in [0.2, 0.25) is 0 Å². The second-order valence-corrected chi connectivity index (χ2v) is 3.86. The van der Waals surface area contributed by atoms with Crippen LogP contribution >= 0.6 is 11.3 Å². The van der Waals surface area contributed by atoms with Crippen molar-refractivity contribution < 1.29 is 9.90 Å². The molecule has 3 nitrogen and oxygen atoms in total. The molecule has 0 aliphatic carbocycles. The molecule has 0 bridgehead atoms. The number of carboxylic acids is 1. The Morgan fingerprint density at radius 1 is 1.33 bits per heavy atom. The number of carbonyl (C=O) groups is 1. The fraction of sp³-hybridized carbons (Fsp3) is 0.0909. The van der Waals surface area contributed by atoms with Crippen LogP contribution in [0, 0.1) is 0 Å². The van der Waals surface area contributed by atoms with Gasteiger partial charge in [-0.05, 0) is 5.56 Å². The van der Waals surface area contributed by atoms with Crippen molar-refractivity contribution in [2.45, 2.75) is 6.42 Å². The van der Waals surface area contributed by atoms with Crippen LogP contribution < -0.4 is 0 Å². The molecule has 0 amide bonds. The Morgan fingerprint density at radius 2 is 2.07 bits per heavy atom. The normalized spacial score (nSPS) is 10.1. The second kappa shape index (κ2) is 4.23. The van der Waals surface area contributed by atoms with Gasteiger partial charge in [-0.25, -0.2) is 4.98 Å². The maximum Gasteiger partial charge on any atom is 0.307 e. The van der Waals surface area contributed by atoms with E-state index >= 15 is 0 Å². The van der Waals surface area contributed by atoms with Gasteiger partial charge in [0.1, 0.15) is 0 Å². The van der Waals surface area contributed by atoms with E-state index in [1.54, 1.807) is 16.8 Å². The standard InChI is InChI=1S/C11H9NO2S/c13-11(14)5-8-1-3-9(4-2-8)10-6-15-7-12-10/h1-4,6-7H,5H2,(H,13,14). The highest BCUT2D eigenvalue weighted by Gasteiger charge is 2.02. The van der Waals surface area contributed by atoms with E-state index in [9.17, 15) is 4.79 Å². The Balaban J connectivity index is 2.21. The van der Waals surface area contributed by atoms with Crippen LogP contribution in [-0.2, 0) is 11.2 Å². The Hall–Kier alpha value is -1.68. The molecule has 2 aromatic rings. The fourth-order valence-corrected chi connectivity index (χ4v) is 1.88. The summed E-state index contributed by atoms with van der Waals surface area (Å²) in [6.45, 7) is 0. The molecule has 4 heteroatoms. The summed E-state index contributed by atoms with van der Waals surface area (Å²) in [6, 6.07) is 7.44. The lowest BCUT2D eigenvalue weighted by molar-refractivity contribution is -0.136. The number of thiazole rings is 1. The number of aliphatic carboxylic acids is 1. The zero-order valence-electron chi connectivity index (χ0n) is 7.88. The Bertz CT molecular complexity index is 448. The molecular formula is C11H9NO2S. The average Bonchev–Trinajstić information content (AvgIpc) is 2.71. The molecule has 0 unspecified atom stereocenters. The summed E-state index contributed by atoms with van der Waals surface area (Å²) in [5.41, 5.74) is 4.54. The third-order valence-electron chi connectivity index (χ3n) is 2.04. The first-order valence-electron chi connectivity index (χ1n) is 4.45. The van der Waals surface area contributed by atoms with Gasteiger partial charge in [-0.1, -0.05) is 24.3 Å². The van der Waals surface area contributed by atoms with Crippen LogP contribution in [-0.4, -0.2) is 16.1 Å². The lowest BCUT2D eigenvalue weighted by Crippen LogP contribution is -1.99. The van der Waals surface area contributed by atoms with E-state index < -0.39 is 5.97 Å². The number of hydrogen-bond donors (Lipinski definition) is 1. The largest absolute Gasteiger partial charge is 0.481 e. The highest BCUT2D eigenvalue weighted by molar-refractivity contribution is 7.07. The fourth-order valence-electron chi connectivity index (χ4n) is 1.32. The van der Waals surface area contributed by atoms with Crippen molar-refractivity contribution in [2.24, 2.45) is 0 Å². The Morgan fingerprint density at radius 3 is 2.60 bits per heavy atom. The molecule has 1 aromatic carbocycles. The zero-order valence-corrected chi connectivity index (χ0v) is 8.70. The number of hydrogen-bond acceptors (Lipinski definition) is 3. The third kappa shape index (κ3) is 2.41. The number of rotatable bonds is 3. The quantitative estimate of drug-likeness (QED) is 0.862. The van der Waals surface area contributed by atoms with Gasteiger partial charge in [0.05, 0.1) is 17.6 Å². The molecule has 0 saturated carbocycles. The van der Waals surface area contributed by atoms with E-state index in [0.717, 1.165) is 16.8 Å². The van der Waals surface area contributed by atoms with Gasteiger partial charge >= 0.3 is 5.97 Å². The zero-order chi connectivity index (χ0) is 10.7. The van der Waals surface area contributed by atoms with Crippen molar-refractivity contribution in [1.82, 2.24) is 4.98 Å². The van der Waals surface area contributed by atoms with Gasteiger partial charge in [-0.2, -0.15) is 0 Å². The van der Waals surface area contributed by atoms with Gasteiger partial charge in [-0.3, -0.25) is 4.79 Å². The first-order chi connectivity index (χ1) is 7.25. The molecule has 1 aromatic heterocycles. The van der Waals surface area contributed by atoms with Crippen LogP contribution in [0.3, 0.4) is 0 Å². The molecule has 0 aliphatic heterocycles. The summed E-state index contributed by atoms with van der Waals surface area (Å²) in [7, 11) is 0. The van der Waals surface area contributed by atoms with E-state index in [4.69, 9.17) is 5.11 Å². The molecule has 76 valence electrons. The Labute approximate surface area is 91.0 Å². The van der Waals surface area contributed by atoms with Crippen LogP contribution in [0.5, 0.6) is 0 Å². The highest BCUT2D eigenvalue weighted by Crippen LogP contribution is 2.19. The van der Waals surface area contributed by atoms with Crippen molar-refractivity contribution in [3.8, 4) is 11.3 Å². The van der Waals surface area contributed by atoms with Gasteiger partial charge in [0.15, 0.2) is 0 Å². The van der Waals surface area contributed by atoms with Gasteiger partial charge in [-0.15, -0.1) is 11.3 Å². The SMILES string of the molecule is O=C(O)Cc1ccc(-c2cscn2)cc1. The Kier molecular flexibility index (Phi) is 2.78. The summed E-state index contributed by atoms with van der Waals surface area (Å²) in [4.78, 5) is 14.7. The monoisotopic (exact) mass is 219 g/mol. The van der Waals surface area contributed by atoms with Crippen molar-refractivity contribution >= 4 is 17.3 Å². The first-order valence-corrected chi connectivity index (χ1v) is 5.39. The van der Waals surface area contributed by atoms with Crippen molar-refractivity contribution in [3.05, 3.63) is 40.7 Å². The van der Waals surface area contributed by atoms with Crippen LogP contribution in [0.4, 0.5) is 0 Å². The van der Waals surface area contributed by atoms with E-state index in [2.05, 4.69) is 4.98 Å². The summed E-state index contributed by atoms with van der Waals surface area (Å²) >= 11 is 1.54. The topological polar surface area (TPSA) is 50.2 Å². The maximum absolute atomic E-state index is 10.5. The van der Waals surface area contributed by atoms with Gasteiger partial charge in [0.25, 0.3) is 0 Å². The van der Waals surface area contributed by atoms with E-state index in [1.165, 1.54) is 0 Å². The lowest BCUT2D eigenvalue weighted by atomic mass is 10.1. The van der Waals surface area contributed by atoms with E-state index in [-0.39, 0.29) is 6.42 Å². The summed E-state index contributed by atoms with van der Waals surface area (Å²) in [5, 5.41) is 10.6. The van der Waals surface area contributed by atoms with Gasteiger partial charge in [0.2, 0.25) is 0 Å². The molecule has 2 rings (SSSR count). The van der Waals surface area contributed by atoms with Crippen LogP contribution in [0.25, 0.3) is 11.3 Å². The minimum absolute atomic E-state index is 0.0668. The molecule has 0 aliphatic rings. The lowest BCUT2D eigenvalue weighted by Gasteiger charge is -1.99. The molecule has 0 saturated heterocycles. The first kappa shape index (κ1) is 9.86. The van der Waals surface area contributed by atoms with Crippen LogP contribution in [0.1, 0.15) is 5.56 Å². The van der Waals surface area contributed by atoms with Crippen molar-refractivity contribution in [3.63, 3.8) is 0 Å². The summed E-state index contributed by atoms with van der Waals surface area (Å²) in [5.74, 6) is -0.809. The minimum atomic E-state index is -0.809. The molecule has 1 N–H and O–H groups in total. The molecule has 0 radical (unpaired) electrons. The van der Waals surface area contributed by atoms with Gasteiger partial charge in [0, 0.05) is 10.9 Å². The average molecular weight is 219 g/mol. The predicted molar refractivity (Wildman–Crippen MR) is 58.9 cm³/mol. The third-order valence-corrected chi connectivity index (χ3v) is 2.62. The maximum atomic E-state index is 10.5. The number of nitrogens with zero attached hydrogens (tertiary/aromatic N) is 1. The van der Waals surface area contributed by atoms with Crippen molar-refractivity contribution in [1.29, 1.82) is 0 Å². The van der Waals surface area contributed by atoms with E-state index in [1.807, 2.05) is 29.6 Å².